The van der Waals surface area contributed by atoms with Crippen molar-refractivity contribution in [2.24, 2.45) is 5.73 Å². The van der Waals surface area contributed by atoms with Crippen LogP contribution in [0.3, 0.4) is 0 Å². The molecule has 1 saturated carbocycles. The van der Waals surface area contributed by atoms with Crippen LogP contribution in [0.1, 0.15) is 37.1 Å². The Morgan fingerprint density at radius 1 is 1.35 bits per heavy atom. The van der Waals surface area contributed by atoms with E-state index < -0.39 is 0 Å². The standard InChI is InChI=1S/C12H16N4O/c1-8-6-14-7-9(8)10-15-11(16-17-10)12(13)4-2-3-5-12/h6-7,14H,2-5,13H2,1H3. The fourth-order valence-corrected chi connectivity index (χ4v) is 2.44. The van der Waals surface area contributed by atoms with Crippen molar-refractivity contribution in [2.45, 2.75) is 38.1 Å². The van der Waals surface area contributed by atoms with Gasteiger partial charge in [0.1, 0.15) is 0 Å². The third-order valence-electron chi connectivity index (χ3n) is 3.55. The predicted octanol–water partition coefficient (Wildman–Crippen LogP) is 2.10. The summed E-state index contributed by atoms with van der Waals surface area (Å²) in [6.07, 6.45) is 7.95. The Morgan fingerprint density at radius 3 is 2.76 bits per heavy atom. The third kappa shape index (κ3) is 1.67. The topological polar surface area (TPSA) is 80.7 Å². The first-order chi connectivity index (χ1) is 8.19. The highest BCUT2D eigenvalue weighted by molar-refractivity contribution is 5.56. The van der Waals surface area contributed by atoms with Crippen molar-refractivity contribution in [1.82, 2.24) is 15.1 Å². The summed E-state index contributed by atoms with van der Waals surface area (Å²) < 4.78 is 5.31. The number of nitrogens with zero attached hydrogens (tertiary/aromatic N) is 2. The van der Waals surface area contributed by atoms with Crippen LogP contribution >= 0.6 is 0 Å². The second kappa shape index (κ2) is 3.70. The van der Waals surface area contributed by atoms with E-state index in [0.29, 0.717) is 11.7 Å². The fourth-order valence-electron chi connectivity index (χ4n) is 2.44. The SMILES string of the molecule is Cc1c[nH]cc1-c1nc(C2(N)CCCC2)no1. The molecule has 2 heterocycles. The number of hydrogen-bond donors (Lipinski definition) is 2. The van der Waals surface area contributed by atoms with E-state index in [-0.39, 0.29) is 5.54 Å². The van der Waals surface area contributed by atoms with Gasteiger partial charge in [-0.2, -0.15) is 4.98 Å². The summed E-state index contributed by atoms with van der Waals surface area (Å²) in [5.41, 5.74) is 7.95. The van der Waals surface area contributed by atoms with E-state index in [1.807, 2.05) is 19.3 Å². The van der Waals surface area contributed by atoms with Gasteiger partial charge in [-0.15, -0.1) is 0 Å². The van der Waals surface area contributed by atoms with Crippen LogP contribution in [0.5, 0.6) is 0 Å². The van der Waals surface area contributed by atoms with Crippen molar-refractivity contribution in [3.05, 3.63) is 23.8 Å². The molecule has 1 aliphatic carbocycles. The van der Waals surface area contributed by atoms with Gasteiger partial charge in [0, 0.05) is 12.4 Å². The number of hydrogen-bond acceptors (Lipinski definition) is 4. The quantitative estimate of drug-likeness (QED) is 0.830. The van der Waals surface area contributed by atoms with Crippen molar-refractivity contribution in [3.63, 3.8) is 0 Å². The van der Waals surface area contributed by atoms with Crippen molar-refractivity contribution in [2.75, 3.05) is 0 Å². The summed E-state index contributed by atoms with van der Waals surface area (Å²) in [5, 5.41) is 4.04. The Kier molecular flexibility index (Phi) is 2.29. The lowest BCUT2D eigenvalue weighted by molar-refractivity contribution is 0.372. The van der Waals surface area contributed by atoms with Crippen LogP contribution in [0.15, 0.2) is 16.9 Å². The highest BCUT2D eigenvalue weighted by Crippen LogP contribution is 2.35. The van der Waals surface area contributed by atoms with Gasteiger partial charge in [0.2, 0.25) is 0 Å². The molecule has 0 amide bonds. The zero-order valence-corrected chi connectivity index (χ0v) is 9.86. The van der Waals surface area contributed by atoms with E-state index in [4.69, 9.17) is 10.3 Å². The molecule has 5 nitrogen and oxygen atoms in total. The monoisotopic (exact) mass is 232 g/mol. The number of aromatic amines is 1. The first kappa shape index (κ1) is 10.5. The maximum absolute atomic E-state index is 6.29. The number of aryl methyl sites for hydroxylation is 1. The zero-order chi connectivity index (χ0) is 11.9. The molecule has 0 aromatic carbocycles. The highest BCUT2D eigenvalue weighted by Gasteiger charge is 2.36. The predicted molar refractivity (Wildman–Crippen MR) is 63.2 cm³/mol. The number of H-pyrrole nitrogens is 1. The summed E-state index contributed by atoms with van der Waals surface area (Å²) in [6.45, 7) is 2.00. The summed E-state index contributed by atoms with van der Waals surface area (Å²) in [5.74, 6) is 1.20. The Morgan fingerprint density at radius 2 is 2.12 bits per heavy atom. The van der Waals surface area contributed by atoms with E-state index in [2.05, 4.69) is 15.1 Å². The van der Waals surface area contributed by atoms with Crippen molar-refractivity contribution < 1.29 is 4.52 Å². The van der Waals surface area contributed by atoms with Gasteiger partial charge in [-0.3, -0.25) is 0 Å². The van der Waals surface area contributed by atoms with E-state index in [9.17, 15) is 0 Å². The van der Waals surface area contributed by atoms with Gasteiger partial charge in [-0.25, -0.2) is 0 Å². The lowest BCUT2D eigenvalue weighted by Gasteiger charge is -2.17. The first-order valence-corrected chi connectivity index (χ1v) is 5.96. The molecule has 17 heavy (non-hydrogen) atoms. The van der Waals surface area contributed by atoms with Crippen LogP contribution in [-0.2, 0) is 5.54 Å². The molecule has 0 radical (unpaired) electrons. The molecule has 0 aliphatic heterocycles. The van der Waals surface area contributed by atoms with Crippen LogP contribution in [0.25, 0.3) is 11.5 Å². The van der Waals surface area contributed by atoms with Crippen molar-refractivity contribution in [3.8, 4) is 11.5 Å². The number of aromatic nitrogens is 3. The van der Waals surface area contributed by atoms with E-state index in [0.717, 1.165) is 36.8 Å². The lowest BCUT2D eigenvalue weighted by atomic mass is 9.99. The maximum Gasteiger partial charge on any atom is 0.259 e. The van der Waals surface area contributed by atoms with Gasteiger partial charge in [0.15, 0.2) is 5.82 Å². The van der Waals surface area contributed by atoms with Gasteiger partial charge < -0.3 is 15.2 Å². The molecule has 2 aromatic rings. The second-order valence-electron chi connectivity index (χ2n) is 4.84. The van der Waals surface area contributed by atoms with Gasteiger partial charge in [0.25, 0.3) is 5.89 Å². The van der Waals surface area contributed by atoms with Crippen LogP contribution in [-0.4, -0.2) is 15.1 Å². The summed E-state index contributed by atoms with van der Waals surface area (Å²) >= 11 is 0. The molecule has 0 saturated heterocycles. The first-order valence-electron chi connectivity index (χ1n) is 5.96. The summed E-state index contributed by atoms with van der Waals surface area (Å²) in [4.78, 5) is 7.47. The fraction of sp³-hybridized carbons (Fsp3) is 0.500. The van der Waals surface area contributed by atoms with E-state index in [1.165, 1.54) is 0 Å². The number of rotatable bonds is 2. The van der Waals surface area contributed by atoms with Gasteiger partial charge in [0.05, 0.1) is 11.1 Å². The molecule has 0 spiro atoms. The molecule has 2 aromatic heterocycles. The van der Waals surface area contributed by atoms with Crippen LogP contribution < -0.4 is 5.73 Å². The van der Waals surface area contributed by atoms with Gasteiger partial charge in [-0.05, 0) is 25.3 Å². The molecule has 0 unspecified atom stereocenters. The molecule has 5 heteroatoms. The van der Waals surface area contributed by atoms with Crippen molar-refractivity contribution in [1.29, 1.82) is 0 Å². The van der Waals surface area contributed by atoms with Gasteiger partial charge in [-0.1, -0.05) is 18.0 Å². The Balaban J connectivity index is 1.96. The average molecular weight is 232 g/mol. The van der Waals surface area contributed by atoms with Crippen LogP contribution in [0.4, 0.5) is 0 Å². The summed E-state index contributed by atoms with van der Waals surface area (Å²) in [6, 6.07) is 0. The molecule has 0 atom stereocenters. The zero-order valence-electron chi connectivity index (χ0n) is 9.86. The smallest absolute Gasteiger partial charge is 0.259 e. The maximum atomic E-state index is 6.29. The van der Waals surface area contributed by atoms with Gasteiger partial charge >= 0.3 is 0 Å². The molecule has 1 aliphatic rings. The third-order valence-corrected chi connectivity index (χ3v) is 3.55. The van der Waals surface area contributed by atoms with E-state index in [1.54, 1.807) is 0 Å². The molecule has 3 N–H and O–H groups in total. The molecule has 90 valence electrons. The minimum absolute atomic E-state index is 0.383. The Bertz CT molecular complexity index is 522. The normalized spacial score (nSPS) is 18.7. The minimum atomic E-state index is -0.383. The number of nitrogens with two attached hydrogens (primary N) is 1. The van der Waals surface area contributed by atoms with Crippen LogP contribution in [0.2, 0.25) is 0 Å². The summed E-state index contributed by atoms with van der Waals surface area (Å²) in [7, 11) is 0. The largest absolute Gasteiger partial charge is 0.367 e. The molecule has 3 rings (SSSR count). The number of nitrogens with one attached hydrogen (secondary N) is 1. The highest BCUT2D eigenvalue weighted by atomic mass is 16.5. The van der Waals surface area contributed by atoms with E-state index >= 15 is 0 Å². The Hall–Kier alpha value is -1.62. The minimum Gasteiger partial charge on any atom is -0.367 e. The molecular weight excluding hydrogens is 216 g/mol. The molecule has 1 fully saturated rings. The molecular formula is C12H16N4O. The Labute approximate surface area is 99.4 Å². The lowest BCUT2D eigenvalue weighted by Crippen LogP contribution is -2.34. The van der Waals surface area contributed by atoms with Crippen molar-refractivity contribution >= 4 is 0 Å². The average Bonchev–Trinajstić information content (AvgIpc) is 2.97. The molecule has 0 bridgehead atoms. The van der Waals surface area contributed by atoms with Crippen LogP contribution in [0, 0.1) is 6.92 Å². The second-order valence-corrected chi connectivity index (χ2v) is 4.84.